The summed E-state index contributed by atoms with van der Waals surface area (Å²) < 4.78 is 5.11. The molecule has 104 valence electrons. The minimum atomic E-state index is -0.0294. The van der Waals surface area contributed by atoms with Gasteiger partial charge in [0.2, 0.25) is 5.91 Å². The summed E-state index contributed by atoms with van der Waals surface area (Å²) in [7, 11) is 1.54. The van der Waals surface area contributed by atoms with Gasteiger partial charge in [0.1, 0.15) is 5.75 Å². The summed E-state index contributed by atoms with van der Waals surface area (Å²) in [6.07, 6.45) is 1.16. The third-order valence-electron chi connectivity index (χ3n) is 2.92. The summed E-state index contributed by atoms with van der Waals surface area (Å²) in [6.45, 7) is 0. The average Bonchev–Trinajstić information content (AvgIpc) is 2.48. The Morgan fingerprint density at radius 2 is 1.95 bits per heavy atom. The smallest absolute Gasteiger partial charge is 0.224 e. The molecule has 0 aliphatic rings. The molecule has 20 heavy (non-hydrogen) atoms. The molecular weight excluding hydrogens is 274 g/mol. The molecule has 1 N–H and O–H groups in total. The van der Waals surface area contributed by atoms with Gasteiger partial charge in [0.05, 0.1) is 12.1 Å². The van der Waals surface area contributed by atoms with E-state index in [4.69, 9.17) is 16.3 Å². The molecule has 0 saturated carbocycles. The Morgan fingerprint density at radius 1 is 1.20 bits per heavy atom. The number of nitrogens with one attached hydrogen (secondary N) is 1. The van der Waals surface area contributed by atoms with Crippen LogP contribution in [0.3, 0.4) is 0 Å². The highest BCUT2D eigenvalue weighted by Gasteiger charge is 2.06. The van der Waals surface area contributed by atoms with Gasteiger partial charge in [0, 0.05) is 18.2 Å². The molecule has 0 radical (unpaired) electrons. The van der Waals surface area contributed by atoms with Gasteiger partial charge >= 0.3 is 0 Å². The zero-order valence-electron chi connectivity index (χ0n) is 11.2. The van der Waals surface area contributed by atoms with Gasteiger partial charge in [-0.15, -0.1) is 0 Å². The number of hydrogen-bond acceptors (Lipinski definition) is 2. The lowest BCUT2D eigenvalue weighted by Gasteiger charge is -2.08. The van der Waals surface area contributed by atoms with Crippen LogP contribution in [0.4, 0.5) is 5.69 Å². The molecule has 0 aliphatic heterocycles. The monoisotopic (exact) mass is 289 g/mol. The molecule has 1 amide bonds. The second kappa shape index (κ2) is 6.96. The third-order valence-corrected chi connectivity index (χ3v) is 3.23. The summed E-state index contributed by atoms with van der Waals surface area (Å²) in [6, 6.07) is 15.1. The van der Waals surface area contributed by atoms with Crippen molar-refractivity contribution in [1.29, 1.82) is 0 Å². The topological polar surface area (TPSA) is 38.3 Å². The van der Waals surface area contributed by atoms with Crippen LogP contribution in [0.25, 0.3) is 0 Å². The highest BCUT2D eigenvalue weighted by Crippen LogP contribution is 2.27. The van der Waals surface area contributed by atoms with E-state index >= 15 is 0 Å². The van der Waals surface area contributed by atoms with Crippen molar-refractivity contribution in [3.8, 4) is 5.75 Å². The molecule has 0 saturated heterocycles. The van der Waals surface area contributed by atoms with Crippen LogP contribution < -0.4 is 10.1 Å². The van der Waals surface area contributed by atoms with Crippen LogP contribution in [0, 0.1) is 0 Å². The van der Waals surface area contributed by atoms with E-state index < -0.39 is 0 Å². The number of aryl methyl sites for hydroxylation is 1. The molecule has 4 heteroatoms. The molecular formula is C16H16ClNO2. The SMILES string of the molecule is COc1cc(NC(=O)CCc2ccccc2)ccc1Cl. The number of hydrogen-bond donors (Lipinski definition) is 1. The molecule has 2 aromatic carbocycles. The number of rotatable bonds is 5. The fraction of sp³-hybridized carbons (Fsp3) is 0.188. The Hall–Kier alpha value is -2.00. The number of ether oxygens (including phenoxy) is 1. The lowest BCUT2D eigenvalue weighted by Crippen LogP contribution is -2.12. The number of halogens is 1. The summed E-state index contributed by atoms with van der Waals surface area (Å²) in [5, 5.41) is 3.36. The van der Waals surface area contributed by atoms with Crippen LogP contribution in [0.15, 0.2) is 48.5 Å². The summed E-state index contributed by atoms with van der Waals surface area (Å²) in [4.78, 5) is 11.9. The van der Waals surface area contributed by atoms with Gasteiger partial charge in [0.25, 0.3) is 0 Å². The molecule has 0 unspecified atom stereocenters. The number of anilines is 1. The number of benzene rings is 2. The van der Waals surface area contributed by atoms with Crippen molar-refractivity contribution < 1.29 is 9.53 Å². The van der Waals surface area contributed by atoms with Gasteiger partial charge in [-0.2, -0.15) is 0 Å². The number of carbonyl (C=O) groups excluding carboxylic acids is 1. The molecule has 2 aromatic rings. The quantitative estimate of drug-likeness (QED) is 0.906. The van der Waals surface area contributed by atoms with Gasteiger partial charge in [-0.25, -0.2) is 0 Å². The van der Waals surface area contributed by atoms with Gasteiger partial charge in [-0.3, -0.25) is 4.79 Å². The van der Waals surface area contributed by atoms with E-state index in [1.54, 1.807) is 25.3 Å². The zero-order chi connectivity index (χ0) is 14.4. The second-order valence-corrected chi connectivity index (χ2v) is 4.79. The maximum Gasteiger partial charge on any atom is 0.224 e. The molecule has 0 spiro atoms. The normalized spacial score (nSPS) is 10.1. The van der Waals surface area contributed by atoms with Crippen molar-refractivity contribution >= 4 is 23.2 Å². The van der Waals surface area contributed by atoms with E-state index in [0.29, 0.717) is 22.9 Å². The van der Waals surface area contributed by atoms with E-state index in [0.717, 1.165) is 12.0 Å². The Morgan fingerprint density at radius 3 is 2.65 bits per heavy atom. The van der Waals surface area contributed by atoms with Crippen molar-refractivity contribution in [2.45, 2.75) is 12.8 Å². The first-order valence-electron chi connectivity index (χ1n) is 6.36. The zero-order valence-corrected chi connectivity index (χ0v) is 12.0. The van der Waals surface area contributed by atoms with Crippen molar-refractivity contribution in [3.05, 3.63) is 59.1 Å². The average molecular weight is 290 g/mol. The molecule has 0 aromatic heterocycles. The van der Waals surface area contributed by atoms with E-state index in [-0.39, 0.29) is 5.91 Å². The van der Waals surface area contributed by atoms with Crippen LogP contribution in [-0.2, 0) is 11.2 Å². The predicted molar refractivity (Wildman–Crippen MR) is 81.4 cm³/mol. The van der Waals surface area contributed by atoms with Gasteiger partial charge < -0.3 is 10.1 Å². The highest BCUT2D eigenvalue weighted by atomic mass is 35.5. The van der Waals surface area contributed by atoms with Gasteiger partial charge in [-0.05, 0) is 24.1 Å². The minimum Gasteiger partial charge on any atom is -0.495 e. The lowest BCUT2D eigenvalue weighted by atomic mass is 10.1. The molecule has 3 nitrogen and oxygen atoms in total. The van der Waals surface area contributed by atoms with E-state index in [1.807, 2.05) is 30.3 Å². The molecule has 0 heterocycles. The number of methoxy groups -OCH3 is 1. The Balaban J connectivity index is 1.91. The Bertz CT molecular complexity index is 584. The lowest BCUT2D eigenvalue weighted by molar-refractivity contribution is -0.116. The molecule has 0 fully saturated rings. The highest BCUT2D eigenvalue weighted by molar-refractivity contribution is 6.32. The first-order valence-corrected chi connectivity index (χ1v) is 6.74. The summed E-state index contributed by atoms with van der Waals surface area (Å²) in [5.74, 6) is 0.519. The van der Waals surface area contributed by atoms with Gasteiger partial charge in [0.15, 0.2) is 0 Å². The van der Waals surface area contributed by atoms with E-state index in [2.05, 4.69) is 5.32 Å². The van der Waals surface area contributed by atoms with Crippen LogP contribution >= 0.6 is 11.6 Å². The van der Waals surface area contributed by atoms with Crippen molar-refractivity contribution in [2.24, 2.45) is 0 Å². The Labute approximate surface area is 123 Å². The number of carbonyl (C=O) groups is 1. The first kappa shape index (κ1) is 14.4. The van der Waals surface area contributed by atoms with Crippen molar-refractivity contribution in [1.82, 2.24) is 0 Å². The van der Waals surface area contributed by atoms with E-state index in [9.17, 15) is 4.79 Å². The van der Waals surface area contributed by atoms with Crippen molar-refractivity contribution in [3.63, 3.8) is 0 Å². The van der Waals surface area contributed by atoms with Crippen LogP contribution in [0.2, 0.25) is 5.02 Å². The minimum absolute atomic E-state index is 0.0294. The largest absolute Gasteiger partial charge is 0.495 e. The summed E-state index contributed by atoms with van der Waals surface area (Å²) in [5.41, 5.74) is 1.83. The van der Waals surface area contributed by atoms with Crippen LogP contribution in [0.5, 0.6) is 5.75 Å². The van der Waals surface area contributed by atoms with Gasteiger partial charge in [-0.1, -0.05) is 41.9 Å². The fourth-order valence-corrected chi connectivity index (χ4v) is 2.06. The summed E-state index contributed by atoms with van der Waals surface area (Å²) >= 11 is 5.94. The third kappa shape index (κ3) is 4.00. The molecule has 0 aliphatic carbocycles. The molecule has 0 bridgehead atoms. The molecule has 0 atom stereocenters. The fourth-order valence-electron chi connectivity index (χ4n) is 1.86. The Kier molecular flexibility index (Phi) is 5.02. The van der Waals surface area contributed by atoms with E-state index in [1.165, 1.54) is 0 Å². The maximum absolute atomic E-state index is 11.9. The van der Waals surface area contributed by atoms with Crippen LogP contribution in [0.1, 0.15) is 12.0 Å². The standard InChI is InChI=1S/C16H16ClNO2/c1-20-15-11-13(8-9-14(15)17)18-16(19)10-7-12-5-3-2-4-6-12/h2-6,8-9,11H,7,10H2,1H3,(H,18,19). The second-order valence-electron chi connectivity index (χ2n) is 4.38. The predicted octanol–water partition coefficient (Wildman–Crippen LogP) is 3.92. The first-order chi connectivity index (χ1) is 9.69. The molecule has 2 rings (SSSR count). The van der Waals surface area contributed by atoms with Crippen molar-refractivity contribution in [2.75, 3.05) is 12.4 Å². The van der Waals surface area contributed by atoms with Crippen LogP contribution in [-0.4, -0.2) is 13.0 Å². The maximum atomic E-state index is 11.9. The number of amides is 1.